The Labute approximate surface area is 125 Å². The first-order chi connectivity index (χ1) is 10.1. The van der Waals surface area contributed by atoms with Gasteiger partial charge in [0.1, 0.15) is 24.2 Å². The lowest BCUT2D eigenvalue weighted by Gasteiger charge is -2.17. The molecule has 0 aliphatic rings. The van der Waals surface area contributed by atoms with Gasteiger partial charge in [-0.2, -0.15) is 0 Å². The highest BCUT2D eigenvalue weighted by Crippen LogP contribution is 2.25. The number of benzene rings is 2. The Balaban J connectivity index is 2.05. The standard InChI is InChI=1S/C17H21NO3/c1-12(18)15-8-3-4-9-17(15)21-11-16(19)13-6-5-7-14(10-13)20-2/h3-10,12,16,19H,11,18H2,1-2H3/t12-,16?/m0/s1. The SMILES string of the molecule is COc1cccc(C(O)COc2ccccc2[C@H](C)N)c1. The van der Waals surface area contributed by atoms with Crippen molar-refractivity contribution in [3.8, 4) is 11.5 Å². The van der Waals surface area contributed by atoms with Gasteiger partial charge in [0.05, 0.1) is 7.11 Å². The fourth-order valence-electron chi connectivity index (χ4n) is 2.10. The summed E-state index contributed by atoms with van der Waals surface area (Å²) in [7, 11) is 1.60. The Morgan fingerprint density at radius 2 is 1.90 bits per heavy atom. The molecule has 0 heterocycles. The summed E-state index contributed by atoms with van der Waals surface area (Å²) in [6.07, 6.45) is -0.721. The molecule has 0 fully saturated rings. The van der Waals surface area contributed by atoms with Crippen molar-refractivity contribution in [3.05, 3.63) is 59.7 Å². The molecule has 2 rings (SSSR count). The highest BCUT2D eigenvalue weighted by atomic mass is 16.5. The molecule has 2 aromatic carbocycles. The van der Waals surface area contributed by atoms with Gasteiger partial charge in [0.2, 0.25) is 0 Å². The number of methoxy groups -OCH3 is 1. The first kappa shape index (κ1) is 15.4. The maximum Gasteiger partial charge on any atom is 0.124 e. The third kappa shape index (κ3) is 3.97. The van der Waals surface area contributed by atoms with E-state index in [0.717, 1.165) is 11.1 Å². The summed E-state index contributed by atoms with van der Waals surface area (Å²) in [6.45, 7) is 2.07. The van der Waals surface area contributed by atoms with Crippen molar-refractivity contribution < 1.29 is 14.6 Å². The maximum absolute atomic E-state index is 10.2. The van der Waals surface area contributed by atoms with Crippen molar-refractivity contribution >= 4 is 0 Å². The van der Waals surface area contributed by atoms with E-state index in [0.29, 0.717) is 11.5 Å². The number of para-hydroxylation sites is 1. The van der Waals surface area contributed by atoms with Gasteiger partial charge >= 0.3 is 0 Å². The van der Waals surface area contributed by atoms with Gasteiger partial charge in [-0.3, -0.25) is 0 Å². The van der Waals surface area contributed by atoms with Crippen LogP contribution in [0.15, 0.2) is 48.5 Å². The number of aliphatic hydroxyl groups excluding tert-OH is 1. The Hall–Kier alpha value is -2.04. The highest BCUT2D eigenvalue weighted by molar-refractivity contribution is 5.35. The van der Waals surface area contributed by atoms with Gasteiger partial charge in [0.15, 0.2) is 0 Å². The minimum Gasteiger partial charge on any atom is -0.497 e. The van der Waals surface area contributed by atoms with Crippen LogP contribution in [0.2, 0.25) is 0 Å². The van der Waals surface area contributed by atoms with Crippen LogP contribution in [0.3, 0.4) is 0 Å². The lowest BCUT2D eigenvalue weighted by molar-refractivity contribution is 0.107. The van der Waals surface area contributed by atoms with E-state index in [1.807, 2.05) is 49.4 Å². The van der Waals surface area contributed by atoms with E-state index in [1.54, 1.807) is 13.2 Å². The third-order valence-corrected chi connectivity index (χ3v) is 3.28. The Bertz CT molecular complexity index is 584. The summed E-state index contributed by atoms with van der Waals surface area (Å²) in [6, 6.07) is 14.8. The predicted octanol–water partition coefficient (Wildman–Crippen LogP) is 2.83. The second-order valence-corrected chi connectivity index (χ2v) is 4.93. The summed E-state index contributed by atoms with van der Waals surface area (Å²) in [4.78, 5) is 0. The van der Waals surface area contributed by atoms with Crippen molar-refractivity contribution in [2.45, 2.75) is 19.1 Å². The van der Waals surface area contributed by atoms with Crippen molar-refractivity contribution in [2.24, 2.45) is 5.73 Å². The van der Waals surface area contributed by atoms with Crippen LogP contribution in [0, 0.1) is 0 Å². The predicted molar refractivity (Wildman–Crippen MR) is 82.5 cm³/mol. The Morgan fingerprint density at radius 3 is 2.62 bits per heavy atom. The van der Waals surface area contributed by atoms with Crippen LogP contribution in [-0.2, 0) is 0 Å². The second kappa shape index (κ2) is 7.11. The van der Waals surface area contributed by atoms with Gasteiger partial charge in [0.25, 0.3) is 0 Å². The van der Waals surface area contributed by atoms with Crippen molar-refractivity contribution in [2.75, 3.05) is 13.7 Å². The Morgan fingerprint density at radius 1 is 1.14 bits per heavy atom. The van der Waals surface area contributed by atoms with E-state index in [9.17, 15) is 5.11 Å². The molecule has 3 N–H and O–H groups in total. The first-order valence-corrected chi connectivity index (χ1v) is 6.91. The van der Waals surface area contributed by atoms with E-state index in [1.165, 1.54) is 0 Å². The molecule has 0 radical (unpaired) electrons. The molecule has 0 aliphatic carbocycles. The molecule has 2 aromatic rings. The van der Waals surface area contributed by atoms with Crippen LogP contribution in [0.25, 0.3) is 0 Å². The molecule has 0 aliphatic heterocycles. The van der Waals surface area contributed by atoms with Crippen LogP contribution in [0.5, 0.6) is 11.5 Å². The van der Waals surface area contributed by atoms with Crippen LogP contribution in [-0.4, -0.2) is 18.8 Å². The van der Waals surface area contributed by atoms with E-state index >= 15 is 0 Å². The van der Waals surface area contributed by atoms with E-state index in [2.05, 4.69) is 0 Å². The highest BCUT2D eigenvalue weighted by Gasteiger charge is 2.12. The molecule has 0 bridgehead atoms. The second-order valence-electron chi connectivity index (χ2n) is 4.93. The van der Waals surface area contributed by atoms with E-state index < -0.39 is 6.10 Å². The van der Waals surface area contributed by atoms with E-state index in [-0.39, 0.29) is 12.6 Å². The average molecular weight is 287 g/mol. The molecular weight excluding hydrogens is 266 g/mol. The zero-order chi connectivity index (χ0) is 15.2. The van der Waals surface area contributed by atoms with Crippen molar-refractivity contribution in [1.82, 2.24) is 0 Å². The quantitative estimate of drug-likeness (QED) is 0.857. The number of hydrogen-bond donors (Lipinski definition) is 2. The van der Waals surface area contributed by atoms with Gasteiger partial charge in [-0.1, -0.05) is 30.3 Å². The van der Waals surface area contributed by atoms with Gasteiger partial charge in [-0.05, 0) is 30.7 Å². The number of nitrogens with two attached hydrogens (primary N) is 1. The summed E-state index contributed by atoms with van der Waals surface area (Å²) in [5, 5.41) is 10.2. The molecule has 4 nitrogen and oxygen atoms in total. The zero-order valence-electron chi connectivity index (χ0n) is 12.3. The van der Waals surface area contributed by atoms with Gasteiger partial charge < -0.3 is 20.3 Å². The molecule has 2 atom stereocenters. The maximum atomic E-state index is 10.2. The van der Waals surface area contributed by atoms with Gasteiger partial charge in [0, 0.05) is 11.6 Å². The first-order valence-electron chi connectivity index (χ1n) is 6.91. The summed E-state index contributed by atoms with van der Waals surface area (Å²) in [5.41, 5.74) is 7.59. The zero-order valence-corrected chi connectivity index (χ0v) is 12.3. The molecule has 112 valence electrons. The molecule has 0 aromatic heterocycles. The fraction of sp³-hybridized carbons (Fsp3) is 0.294. The minimum absolute atomic E-state index is 0.116. The number of hydrogen-bond acceptors (Lipinski definition) is 4. The van der Waals surface area contributed by atoms with Crippen molar-refractivity contribution in [1.29, 1.82) is 0 Å². The number of rotatable bonds is 6. The fourth-order valence-corrected chi connectivity index (χ4v) is 2.10. The van der Waals surface area contributed by atoms with Crippen molar-refractivity contribution in [3.63, 3.8) is 0 Å². The van der Waals surface area contributed by atoms with Crippen LogP contribution < -0.4 is 15.2 Å². The number of aliphatic hydroxyl groups is 1. The average Bonchev–Trinajstić information content (AvgIpc) is 2.52. The molecule has 0 saturated heterocycles. The molecular formula is C17H21NO3. The molecule has 0 spiro atoms. The van der Waals surface area contributed by atoms with E-state index in [4.69, 9.17) is 15.2 Å². The van der Waals surface area contributed by atoms with Crippen LogP contribution in [0.1, 0.15) is 30.2 Å². The third-order valence-electron chi connectivity index (χ3n) is 3.28. The molecule has 21 heavy (non-hydrogen) atoms. The Kier molecular flexibility index (Phi) is 5.20. The van der Waals surface area contributed by atoms with Gasteiger partial charge in [-0.25, -0.2) is 0 Å². The monoisotopic (exact) mass is 287 g/mol. The smallest absolute Gasteiger partial charge is 0.124 e. The summed E-state index contributed by atoms with van der Waals surface area (Å²) in [5.74, 6) is 1.41. The lowest BCUT2D eigenvalue weighted by atomic mass is 10.1. The van der Waals surface area contributed by atoms with Crippen LogP contribution in [0.4, 0.5) is 0 Å². The van der Waals surface area contributed by atoms with Gasteiger partial charge in [-0.15, -0.1) is 0 Å². The lowest BCUT2D eigenvalue weighted by Crippen LogP contribution is -2.13. The largest absolute Gasteiger partial charge is 0.497 e. The molecule has 0 saturated carbocycles. The minimum atomic E-state index is -0.721. The summed E-state index contributed by atoms with van der Waals surface area (Å²) < 4.78 is 10.9. The van der Waals surface area contributed by atoms with Crippen LogP contribution >= 0.6 is 0 Å². The topological polar surface area (TPSA) is 64.7 Å². The molecule has 4 heteroatoms. The normalized spacial score (nSPS) is 13.5. The molecule has 1 unspecified atom stereocenters. The molecule has 0 amide bonds. The number of ether oxygens (including phenoxy) is 2. The summed E-state index contributed by atoms with van der Waals surface area (Å²) >= 11 is 0.